The van der Waals surface area contributed by atoms with Crippen molar-refractivity contribution in [2.45, 2.75) is 52.2 Å². The van der Waals surface area contributed by atoms with Crippen molar-refractivity contribution in [1.82, 2.24) is 4.90 Å². The summed E-state index contributed by atoms with van der Waals surface area (Å²) in [6.45, 7) is 8.38. The molecule has 1 saturated heterocycles. The number of aliphatic hydroxyl groups excluding tert-OH is 1. The zero-order valence-electron chi connectivity index (χ0n) is 10.7. The maximum atomic E-state index is 11.9. The minimum atomic E-state index is -0.474. The SMILES string of the molecule is CC1CC[C@@H](CO)N(C(=O)OC(C)(C)C)C1. The first kappa shape index (κ1) is 13.3. The molecule has 0 bridgehead atoms. The molecule has 1 N–H and O–H groups in total. The minimum absolute atomic E-state index is 0.0198. The average Bonchev–Trinajstić information content (AvgIpc) is 2.15. The van der Waals surface area contributed by atoms with E-state index in [2.05, 4.69) is 6.92 Å². The van der Waals surface area contributed by atoms with Gasteiger partial charge in [-0.15, -0.1) is 0 Å². The van der Waals surface area contributed by atoms with Gasteiger partial charge in [0.2, 0.25) is 0 Å². The number of ether oxygens (including phenoxy) is 1. The lowest BCUT2D eigenvalue weighted by Crippen LogP contribution is -2.49. The Balaban J connectivity index is 2.63. The zero-order chi connectivity index (χ0) is 12.3. The fourth-order valence-corrected chi connectivity index (χ4v) is 1.94. The molecule has 1 rings (SSSR count). The predicted molar refractivity (Wildman–Crippen MR) is 62.2 cm³/mol. The van der Waals surface area contributed by atoms with E-state index >= 15 is 0 Å². The number of aliphatic hydroxyl groups is 1. The molecular weight excluding hydrogens is 206 g/mol. The lowest BCUT2D eigenvalue weighted by molar-refractivity contribution is -0.00476. The Kier molecular flexibility index (Phi) is 4.19. The van der Waals surface area contributed by atoms with Gasteiger partial charge in [-0.25, -0.2) is 4.79 Å². The molecule has 0 spiro atoms. The van der Waals surface area contributed by atoms with Crippen LogP contribution in [0.5, 0.6) is 0 Å². The van der Waals surface area contributed by atoms with Crippen LogP contribution in [0.4, 0.5) is 4.79 Å². The molecule has 1 aliphatic rings. The number of rotatable bonds is 1. The lowest BCUT2D eigenvalue weighted by atomic mass is 9.95. The van der Waals surface area contributed by atoms with E-state index < -0.39 is 5.60 Å². The molecule has 0 saturated carbocycles. The third-order valence-corrected chi connectivity index (χ3v) is 2.78. The summed E-state index contributed by atoms with van der Waals surface area (Å²) < 4.78 is 5.33. The molecule has 1 amide bonds. The van der Waals surface area contributed by atoms with Gasteiger partial charge in [-0.3, -0.25) is 0 Å². The van der Waals surface area contributed by atoms with Gasteiger partial charge in [0.15, 0.2) is 0 Å². The molecule has 1 heterocycles. The van der Waals surface area contributed by atoms with Crippen molar-refractivity contribution >= 4 is 6.09 Å². The summed E-state index contributed by atoms with van der Waals surface area (Å²) in [6.07, 6.45) is 1.61. The van der Waals surface area contributed by atoms with Gasteiger partial charge in [-0.05, 0) is 39.5 Å². The van der Waals surface area contributed by atoms with Crippen molar-refractivity contribution in [2.75, 3.05) is 13.2 Å². The molecule has 0 aromatic heterocycles. The van der Waals surface area contributed by atoms with Crippen molar-refractivity contribution < 1.29 is 14.6 Å². The van der Waals surface area contributed by atoms with Gasteiger partial charge >= 0.3 is 6.09 Å². The monoisotopic (exact) mass is 229 g/mol. The second kappa shape index (κ2) is 5.04. The van der Waals surface area contributed by atoms with E-state index in [4.69, 9.17) is 4.74 Å². The molecular formula is C12H23NO3. The first-order valence-corrected chi connectivity index (χ1v) is 5.94. The Morgan fingerprint density at radius 3 is 2.56 bits per heavy atom. The Bertz CT molecular complexity index is 247. The van der Waals surface area contributed by atoms with Crippen molar-refractivity contribution in [3.63, 3.8) is 0 Å². The summed E-state index contributed by atoms with van der Waals surface area (Å²) in [5, 5.41) is 9.25. The van der Waals surface area contributed by atoms with E-state index in [0.29, 0.717) is 12.5 Å². The number of piperidine rings is 1. The smallest absolute Gasteiger partial charge is 0.410 e. The van der Waals surface area contributed by atoms with E-state index in [1.165, 1.54) is 0 Å². The number of carbonyl (C=O) groups excluding carboxylic acids is 1. The third kappa shape index (κ3) is 3.67. The molecule has 94 valence electrons. The minimum Gasteiger partial charge on any atom is -0.444 e. The molecule has 16 heavy (non-hydrogen) atoms. The summed E-state index contributed by atoms with van der Waals surface area (Å²) in [5.74, 6) is 0.482. The van der Waals surface area contributed by atoms with Crippen LogP contribution in [0.1, 0.15) is 40.5 Å². The van der Waals surface area contributed by atoms with E-state index in [-0.39, 0.29) is 18.7 Å². The molecule has 0 aliphatic carbocycles. The Hall–Kier alpha value is -0.770. The van der Waals surface area contributed by atoms with Crippen LogP contribution in [-0.2, 0) is 4.74 Å². The number of nitrogens with zero attached hydrogens (tertiary/aromatic N) is 1. The predicted octanol–water partition coefficient (Wildman–Crippen LogP) is 2.01. The van der Waals surface area contributed by atoms with Gasteiger partial charge in [0, 0.05) is 6.54 Å². The number of hydrogen-bond donors (Lipinski definition) is 1. The highest BCUT2D eigenvalue weighted by molar-refractivity contribution is 5.68. The third-order valence-electron chi connectivity index (χ3n) is 2.78. The molecule has 1 fully saturated rings. The zero-order valence-corrected chi connectivity index (χ0v) is 10.7. The highest BCUT2D eigenvalue weighted by Gasteiger charge is 2.32. The summed E-state index contributed by atoms with van der Waals surface area (Å²) >= 11 is 0. The van der Waals surface area contributed by atoms with Crippen LogP contribution in [0.2, 0.25) is 0 Å². The molecule has 0 aromatic carbocycles. The van der Waals surface area contributed by atoms with Crippen molar-refractivity contribution in [3.05, 3.63) is 0 Å². The van der Waals surface area contributed by atoms with Crippen molar-refractivity contribution in [3.8, 4) is 0 Å². The fourth-order valence-electron chi connectivity index (χ4n) is 1.94. The van der Waals surface area contributed by atoms with Crippen LogP contribution < -0.4 is 0 Å². The Labute approximate surface area is 97.6 Å². The summed E-state index contributed by atoms with van der Waals surface area (Å²) in [4.78, 5) is 13.6. The maximum absolute atomic E-state index is 11.9. The van der Waals surface area contributed by atoms with Crippen molar-refractivity contribution in [2.24, 2.45) is 5.92 Å². The normalized spacial score (nSPS) is 26.7. The van der Waals surface area contributed by atoms with Crippen LogP contribution in [0.25, 0.3) is 0 Å². The van der Waals surface area contributed by atoms with E-state index in [9.17, 15) is 9.90 Å². The fraction of sp³-hybridized carbons (Fsp3) is 0.917. The molecule has 0 aromatic rings. The molecule has 2 atom stereocenters. The largest absolute Gasteiger partial charge is 0.444 e. The van der Waals surface area contributed by atoms with Gasteiger partial charge in [0.25, 0.3) is 0 Å². The molecule has 4 heteroatoms. The molecule has 4 nitrogen and oxygen atoms in total. The van der Waals surface area contributed by atoms with E-state index in [0.717, 1.165) is 12.8 Å². The van der Waals surface area contributed by atoms with Gasteiger partial charge in [0.05, 0.1) is 12.6 Å². The van der Waals surface area contributed by atoms with Crippen LogP contribution in [0.3, 0.4) is 0 Å². The number of carbonyl (C=O) groups is 1. The quantitative estimate of drug-likeness (QED) is 0.748. The Morgan fingerprint density at radius 2 is 2.06 bits per heavy atom. The lowest BCUT2D eigenvalue weighted by Gasteiger charge is -2.38. The van der Waals surface area contributed by atoms with Crippen molar-refractivity contribution in [1.29, 1.82) is 0 Å². The van der Waals surface area contributed by atoms with Gasteiger partial charge < -0.3 is 14.7 Å². The average molecular weight is 229 g/mol. The summed E-state index contributed by atoms with van der Waals surface area (Å²) in [5.41, 5.74) is -0.474. The first-order chi connectivity index (χ1) is 7.33. The topological polar surface area (TPSA) is 49.8 Å². The number of amides is 1. The van der Waals surface area contributed by atoms with Gasteiger partial charge in [-0.2, -0.15) is 0 Å². The van der Waals surface area contributed by atoms with Gasteiger partial charge in [0.1, 0.15) is 5.60 Å². The molecule has 1 unspecified atom stereocenters. The van der Waals surface area contributed by atoms with Crippen LogP contribution in [-0.4, -0.2) is 40.9 Å². The second-order valence-corrected chi connectivity index (χ2v) is 5.65. The van der Waals surface area contributed by atoms with E-state index in [1.54, 1.807) is 4.90 Å². The van der Waals surface area contributed by atoms with Crippen LogP contribution >= 0.6 is 0 Å². The van der Waals surface area contributed by atoms with Crippen LogP contribution in [0.15, 0.2) is 0 Å². The number of hydrogen-bond acceptors (Lipinski definition) is 3. The summed E-state index contributed by atoms with van der Waals surface area (Å²) in [6, 6.07) is -0.0777. The van der Waals surface area contributed by atoms with Gasteiger partial charge in [-0.1, -0.05) is 6.92 Å². The Morgan fingerprint density at radius 1 is 1.44 bits per heavy atom. The number of likely N-dealkylation sites (tertiary alicyclic amines) is 1. The highest BCUT2D eigenvalue weighted by atomic mass is 16.6. The molecule has 0 radical (unpaired) electrons. The maximum Gasteiger partial charge on any atom is 0.410 e. The standard InChI is InChI=1S/C12H23NO3/c1-9-5-6-10(8-14)13(7-9)11(15)16-12(2,3)4/h9-10,14H,5-8H2,1-4H3/t9?,10-/m0/s1. The van der Waals surface area contributed by atoms with Crippen LogP contribution in [0, 0.1) is 5.92 Å². The summed E-state index contributed by atoms with van der Waals surface area (Å²) in [7, 11) is 0. The first-order valence-electron chi connectivity index (χ1n) is 5.94. The van der Waals surface area contributed by atoms with E-state index in [1.807, 2.05) is 20.8 Å². The second-order valence-electron chi connectivity index (χ2n) is 5.65. The molecule has 1 aliphatic heterocycles. The highest BCUT2D eigenvalue weighted by Crippen LogP contribution is 2.23.